The number of hydrogen-bond acceptors (Lipinski definition) is 7. The fourth-order valence-corrected chi connectivity index (χ4v) is 3.43. The van der Waals surface area contributed by atoms with Gasteiger partial charge in [0.2, 0.25) is 17.7 Å². The summed E-state index contributed by atoms with van der Waals surface area (Å²) in [4.78, 5) is 34.4. The van der Waals surface area contributed by atoms with E-state index in [1.807, 2.05) is 30.3 Å². The fourth-order valence-electron chi connectivity index (χ4n) is 2.57. The average Bonchev–Trinajstić information content (AvgIpc) is 3.23. The van der Waals surface area contributed by atoms with Gasteiger partial charge in [-0.05, 0) is 24.3 Å². The number of methoxy groups -OCH3 is 1. The number of thiazole rings is 1. The Bertz CT molecular complexity index is 1040. The highest BCUT2D eigenvalue weighted by Gasteiger charge is 2.17. The third kappa shape index (κ3) is 6.46. The Balaban J connectivity index is 1.60. The highest BCUT2D eigenvalue weighted by atomic mass is 32.1. The molecule has 0 aliphatic rings. The molecular weight excluding hydrogens is 416 g/mol. The van der Waals surface area contributed by atoms with Gasteiger partial charge < -0.3 is 14.8 Å². The van der Waals surface area contributed by atoms with Crippen molar-refractivity contribution in [2.75, 3.05) is 30.5 Å². The molecule has 0 radical (unpaired) electrons. The average molecular weight is 439 g/mol. The molecule has 1 N–H and O–H groups in total. The van der Waals surface area contributed by atoms with Crippen molar-refractivity contribution in [1.29, 1.82) is 0 Å². The Hall–Kier alpha value is -3.56. The van der Waals surface area contributed by atoms with Gasteiger partial charge in [-0.2, -0.15) is 0 Å². The predicted molar refractivity (Wildman–Crippen MR) is 121 cm³/mol. The number of benzene rings is 1. The maximum atomic E-state index is 12.2. The molecule has 31 heavy (non-hydrogen) atoms. The number of amides is 2. The second-order valence-electron chi connectivity index (χ2n) is 6.29. The van der Waals surface area contributed by atoms with E-state index in [0.717, 1.165) is 5.69 Å². The molecule has 0 aliphatic carbocycles. The molecule has 0 atom stereocenters. The van der Waals surface area contributed by atoms with E-state index in [4.69, 9.17) is 9.47 Å². The molecule has 3 aromatic rings. The molecule has 0 fully saturated rings. The molecule has 0 saturated heterocycles. The molecule has 160 valence electrons. The Morgan fingerprint density at radius 1 is 1.16 bits per heavy atom. The van der Waals surface area contributed by atoms with E-state index in [1.54, 1.807) is 30.7 Å². The first-order chi connectivity index (χ1) is 15.1. The van der Waals surface area contributed by atoms with Crippen LogP contribution in [0.2, 0.25) is 0 Å². The summed E-state index contributed by atoms with van der Waals surface area (Å²) in [7, 11) is 1.60. The third-order valence-corrected chi connectivity index (χ3v) is 4.82. The van der Waals surface area contributed by atoms with Gasteiger partial charge in [-0.25, -0.2) is 9.97 Å². The monoisotopic (exact) mass is 438 g/mol. The topological polar surface area (TPSA) is 93.7 Å². The summed E-state index contributed by atoms with van der Waals surface area (Å²) >= 11 is 1.32. The largest absolute Gasteiger partial charge is 0.475 e. The van der Waals surface area contributed by atoms with E-state index < -0.39 is 0 Å². The summed E-state index contributed by atoms with van der Waals surface area (Å²) < 4.78 is 10.3. The Morgan fingerprint density at radius 3 is 2.65 bits per heavy atom. The zero-order valence-corrected chi connectivity index (χ0v) is 18.0. The number of rotatable bonds is 9. The number of pyridine rings is 1. The van der Waals surface area contributed by atoms with E-state index in [0.29, 0.717) is 35.6 Å². The quantitative estimate of drug-likeness (QED) is 0.402. The predicted octanol–water partition coefficient (Wildman–Crippen LogP) is 3.90. The lowest BCUT2D eigenvalue weighted by atomic mass is 10.3. The zero-order valence-electron chi connectivity index (χ0n) is 17.1. The number of para-hydroxylation sites is 1. The van der Waals surface area contributed by atoms with Crippen LogP contribution in [0.15, 0.2) is 60.1 Å². The first-order valence-electron chi connectivity index (χ1n) is 9.45. The zero-order chi connectivity index (χ0) is 22.1. The van der Waals surface area contributed by atoms with E-state index in [-0.39, 0.29) is 11.8 Å². The van der Waals surface area contributed by atoms with Crippen molar-refractivity contribution in [3.8, 4) is 5.88 Å². The van der Waals surface area contributed by atoms with Crippen molar-refractivity contribution in [1.82, 2.24) is 9.97 Å². The molecule has 0 spiro atoms. The number of ether oxygens (including phenoxy) is 2. The molecule has 9 heteroatoms. The van der Waals surface area contributed by atoms with Crippen molar-refractivity contribution in [2.24, 2.45) is 0 Å². The summed E-state index contributed by atoms with van der Waals surface area (Å²) in [5, 5.41) is 5.04. The molecule has 8 nitrogen and oxygen atoms in total. The van der Waals surface area contributed by atoms with Gasteiger partial charge in [0.05, 0.1) is 29.9 Å². The van der Waals surface area contributed by atoms with Gasteiger partial charge in [0.15, 0.2) is 5.13 Å². The van der Waals surface area contributed by atoms with Crippen molar-refractivity contribution < 1.29 is 19.1 Å². The Labute approximate surface area is 184 Å². The second-order valence-corrected chi connectivity index (χ2v) is 7.13. The first kappa shape index (κ1) is 22.1. The lowest BCUT2D eigenvalue weighted by molar-refractivity contribution is -0.116. The molecular formula is C22H22N4O4S. The number of carbonyl (C=O) groups is 2. The minimum atomic E-state index is -0.323. The summed E-state index contributed by atoms with van der Waals surface area (Å²) in [6.07, 6.45) is 4.48. The Morgan fingerprint density at radius 2 is 1.97 bits per heavy atom. The third-order valence-electron chi connectivity index (χ3n) is 3.98. The number of hydrogen-bond donors (Lipinski definition) is 1. The molecule has 0 unspecified atom stereocenters. The normalized spacial score (nSPS) is 10.8. The van der Waals surface area contributed by atoms with Crippen LogP contribution in [0.1, 0.15) is 12.6 Å². The molecule has 0 aliphatic heterocycles. The molecule has 0 saturated carbocycles. The summed E-state index contributed by atoms with van der Waals surface area (Å²) in [6.45, 7) is 2.36. The van der Waals surface area contributed by atoms with Gasteiger partial charge in [0.25, 0.3) is 0 Å². The summed E-state index contributed by atoms with van der Waals surface area (Å²) in [5.74, 6) is -0.0131. The fraction of sp³-hybridized carbons (Fsp3) is 0.182. The standard InChI is InChI=1S/C22H22N4O4S/c1-16(27)26(19-6-4-3-5-7-19)22-25-18(15-31-22)8-10-20(28)24-17-9-11-21(23-14-17)30-13-12-29-2/h3-11,14-15H,12-13H2,1-2H3,(H,24,28)/b10-8+. The highest BCUT2D eigenvalue weighted by molar-refractivity contribution is 7.14. The van der Waals surface area contributed by atoms with Crippen LogP contribution in [-0.4, -0.2) is 42.1 Å². The van der Waals surface area contributed by atoms with E-state index in [1.165, 1.54) is 35.4 Å². The van der Waals surface area contributed by atoms with Crippen molar-refractivity contribution in [3.63, 3.8) is 0 Å². The lowest BCUT2D eigenvalue weighted by Crippen LogP contribution is -2.22. The summed E-state index contributed by atoms with van der Waals surface area (Å²) in [5.41, 5.74) is 1.86. The lowest BCUT2D eigenvalue weighted by Gasteiger charge is -2.17. The van der Waals surface area contributed by atoms with E-state index in [9.17, 15) is 9.59 Å². The first-order valence-corrected chi connectivity index (χ1v) is 10.3. The van der Waals surface area contributed by atoms with E-state index in [2.05, 4.69) is 15.3 Å². The second kappa shape index (κ2) is 11.0. The molecule has 2 aromatic heterocycles. The molecule has 0 bridgehead atoms. The number of nitrogens with one attached hydrogen (secondary N) is 1. The van der Waals surface area contributed by atoms with Gasteiger partial charge in [-0.1, -0.05) is 18.2 Å². The minimum absolute atomic E-state index is 0.143. The van der Waals surface area contributed by atoms with Crippen LogP contribution in [-0.2, 0) is 14.3 Å². The van der Waals surface area contributed by atoms with Crippen molar-refractivity contribution in [3.05, 3.63) is 65.8 Å². The van der Waals surface area contributed by atoms with Gasteiger partial charge in [-0.15, -0.1) is 11.3 Å². The summed E-state index contributed by atoms with van der Waals surface area (Å²) in [6, 6.07) is 12.7. The SMILES string of the molecule is COCCOc1ccc(NC(=O)/C=C/c2csc(N(C(C)=O)c3ccccc3)n2)cn1. The number of anilines is 3. The van der Waals surface area contributed by atoms with Crippen LogP contribution in [0.4, 0.5) is 16.5 Å². The van der Waals surface area contributed by atoms with Crippen LogP contribution in [0, 0.1) is 0 Å². The van der Waals surface area contributed by atoms with Crippen molar-refractivity contribution >= 4 is 45.7 Å². The van der Waals surface area contributed by atoms with Crippen LogP contribution in [0.5, 0.6) is 5.88 Å². The van der Waals surface area contributed by atoms with Crippen LogP contribution in [0.3, 0.4) is 0 Å². The molecule has 3 rings (SSSR count). The van der Waals surface area contributed by atoms with Gasteiger partial charge in [-0.3, -0.25) is 14.5 Å². The van der Waals surface area contributed by atoms with Crippen LogP contribution in [0.25, 0.3) is 6.08 Å². The van der Waals surface area contributed by atoms with Crippen LogP contribution < -0.4 is 15.0 Å². The number of carbonyl (C=O) groups excluding carboxylic acids is 2. The number of nitrogens with zero attached hydrogens (tertiary/aromatic N) is 3. The maximum Gasteiger partial charge on any atom is 0.248 e. The molecule has 2 heterocycles. The number of aromatic nitrogens is 2. The van der Waals surface area contributed by atoms with Gasteiger partial charge in [0.1, 0.15) is 6.61 Å². The molecule has 2 amide bonds. The Kier molecular flexibility index (Phi) is 7.85. The van der Waals surface area contributed by atoms with Gasteiger partial charge in [0, 0.05) is 31.6 Å². The minimum Gasteiger partial charge on any atom is -0.475 e. The highest BCUT2D eigenvalue weighted by Crippen LogP contribution is 2.29. The van der Waals surface area contributed by atoms with Gasteiger partial charge >= 0.3 is 0 Å². The van der Waals surface area contributed by atoms with Crippen LogP contribution >= 0.6 is 11.3 Å². The molecule has 1 aromatic carbocycles. The van der Waals surface area contributed by atoms with Crippen molar-refractivity contribution in [2.45, 2.75) is 6.92 Å². The van der Waals surface area contributed by atoms with E-state index >= 15 is 0 Å². The maximum absolute atomic E-state index is 12.2. The smallest absolute Gasteiger partial charge is 0.248 e.